The quantitative estimate of drug-likeness (QED) is 0.158. The normalized spacial score (nSPS) is 54.2. The Bertz CT molecular complexity index is 717. The van der Waals surface area contributed by atoms with Gasteiger partial charge in [-0.2, -0.15) is 0 Å². The highest BCUT2D eigenvalue weighted by Gasteiger charge is 2.53. The molecule has 3 aliphatic heterocycles. The standard InChI is InChI=1S/C21H40FN5O9/c1-27-13-15(30)18-10(32-20(13)36-21-16(31)14(29)12(26)11(5-28)33-21)4-9(25)19(35-18)34-17-7(22)2-6(23)3-8(17)24/h6-21,27-31H,2-5,23-26H2,1H3/t6-,7+,8?,9?,10-,11?,12+,13?,14-,15?,16?,17-,18?,19-,20?,21+/m0/s1. The van der Waals surface area contributed by atoms with Gasteiger partial charge >= 0.3 is 0 Å². The molecule has 4 fully saturated rings. The summed E-state index contributed by atoms with van der Waals surface area (Å²) in [4.78, 5) is 0. The van der Waals surface area contributed by atoms with Crippen LogP contribution >= 0.6 is 0 Å². The minimum absolute atomic E-state index is 0.116. The Labute approximate surface area is 208 Å². The van der Waals surface area contributed by atoms with Crippen molar-refractivity contribution in [3.8, 4) is 0 Å². The summed E-state index contributed by atoms with van der Waals surface area (Å²) in [6, 6.07) is -3.58. The molecule has 1 aliphatic carbocycles. The van der Waals surface area contributed by atoms with Gasteiger partial charge in [-0.3, -0.25) is 0 Å². The van der Waals surface area contributed by atoms with Crippen molar-refractivity contribution < 1.29 is 48.5 Å². The molecule has 0 aromatic heterocycles. The maximum Gasteiger partial charge on any atom is 0.189 e. The zero-order valence-electron chi connectivity index (χ0n) is 20.1. The zero-order valence-corrected chi connectivity index (χ0v) is 20.1. The molecule has 0 radical (unpaired) electrons. The second-order valence-electron chi connectivity index (χ2n) is 10.1. The fourth-order valence-electron chi connectivity index (χ4n) is 5.44. The molecule has 15 heteroatoms. The number of nitrogens with one attached hydrogen (secondary N) is 1. The van der Waals surface area contributed by atoms with E-state index < -0.39 is 98.5 Å². The van der Waals surface area contributed by atoms with Gasteiger partial charge in [-0.05, 0) is 26.3 Å². The number of aliphatic hydroxyl groups is 4. The number of hydrogen-bond donors (Lipinski definition) is 9. The molecule has 0 bridgehead atoms. The van der Waals surface area contributed by atoms with Gasteiger partial charge in [0.1, 0.15) is 42.8 Å². The number of hydrogen-bond acceptors (Lipinski definition) is 14. The molecule has 3 heterocycles. The van der Waals surface area contributed by atoms with E-state index in [1.807, 2.05) is 0 Å². The second kappa shape index (κ2) is 11.6. The van der Waals surface area contributed by atoms with Crippen LogP contribution in [0, 0.1) is 0 Å². The number of nitrogens with two attached hydrogens (primary N) is 4. The lowest BCUT2D eigenvalue weighted by molar-refractivity contribution is -0.372. The molecule has 0 aromatic rings. The summed E-state index contributed by atoms with van der Waals surface area (Å²) >= 11 is 0. The highest BCUT2D eigenvalue weighted by Crippen LogP contribution is 2.35. The van der Waals surface area contributed by atoms with Crippen LogP contribution < -0.4 is 28.3 Å². The van der Waals surface area contributed by atoms with Crippen LogP contribution in [0.1, 0.15) is 19.3 Å². The molecule has 210 valence electrons. The van der Waals surface area contributed by atoms with Gasteiger partial charge in [0, 0.05) is 12.1 Å². The molecule has 4 aliphatic rings. The lowest BCUT2D eigenvalue weighted by Crippen LogP contribution is -2.70. The molecule has 8 unspecified atom stereocenters. The van der Waals surface area contributed by atoms with Crippen molar-refractivity contribution in [3.05, 3.63) is 0 Å². The van der Waals surface area contributed by atoms with E-state index in [1.165, 1.54) is 0 Å². The van der Waals surface area contributed by atoms with Crippen LogP contribution in [-0.2, 0) is 23.7 Å². The van der Waals surface area contributed by atoms with Crippen LogP contribution in [-0.4, -0.2) is 132 Å². The third-order valence-electron chi connectivity index (χ3n) is 7.53. The summed E-state index contributed by atoms with van der Waals surface area (Å²) in [7, 11) is 1.56. The molecule has 16 atom stereocenters. The summed E-state index contributed by atoms with van der Waals surface area (Å²) in [5, 5.41) is 44.1. The van der Waals surface area contributed by atoms with E-state index in [2.05, 4.69) is 5.32 Å². The predicted molar refractivity (Wildman–Crippen MR) is 121 cm³/mol. The molecular weight excluding hydrogens is 485 g/mol. The van der Waals surface area contributed by atoms with Crippen molar-refractivity contribution in [2.24, 2.45) is 22.9 Å². The van der Waals surface area contributed by atoms with Gasteiger partial charge in [0.25, 0.3) is 0 Å². The molecule has 1 saturated carbocycles. The molecule has 36 heavy (non-hydrogen) atoms. The Morgan fingerprint density at radius 1 is 0.861 bits per heavy atom. The smallest absolute Gasteiger partial charge is 0.189 e. The van der Waals surface area contributed by atoms with Crippen molar-refractivity contribution in [1.29, 1.82) is 0 Å². The van der Waals surface area contributed by atoms with Crippen LogP contribution in [0.2, 0.25) is 0 Å². The van der Waals surface area contributed by atoms with Crippen LogP contribution in [0.5, 0.6) is 0 Å². The summed E-state index contributed by atoms with van der Waals surface area (Å²) in [6.45, 7) is -0.500. The van der Waals surface area contributed by atoms with Crippen molar-refractivity contribution >= 4 is 0 Å². The number of rotatable bonds is 6. The fraction of sp³-hybridized carbons (Fsp3) is 1.00. The molecule has 3 saturated heterocycles. The lowest BCUT2D eigenvalue weighted by Gasteiger charge is -2.51. The van der Waals surface area contributed by atoms with Gasteiger partial charge in [0.05, 0.1) is 30.8 Å². The van der Waals surface area contributed by atoms with Gasteiger partial charge in [0.2, 0.25) is 0 Å². The Morgan fingerprint density at radius 2 is 1.58 bits per heavy atom. The number of halogens is 1. The minimum Gasteiger partial charge on any atom is -0.394 e. The topological polar surface area (TPSA) is 243 Å². The molecule has 14 nitrogen and oxygen atoms in total. The monoisotopic (exact) mass is 525 g/mol. The Balaban J connectivity index is 1.43. The van der Waals surface area contributed by atoms with E-state index in [4.69, 9.17) is 46.6 Å². The molecule has 13 N–H and O–H groups in total. The average molecular weight is 526 g/mol. The average Bonchev–Trinajstić information content (AvgIpc) is 2.82. The summed E-state index contributed by atoms with van der Waals surface area (Å²) < 4.78 is 43.8. The highest BCUT2D eigenvalue weighted by molar-refractivity contribution is 5.00. The third-order valence-corrected chi connectivity index (χ3v) is 7.53. The van der Waals surface area contributed by atoms with Gasteiger partial charge < -0.3 is 72.4 Å². The van der Waals surface area contributed by atoms with Crippen LogP contribution in [0.25, 0.3) is 0 Å². The van der Waals surface area contributed by atoms with E-state index in [9.17, 15) is 24.8 Å². The maximum absolute atomic E-state index is 14.6. The Morgan fingerprint density at radius 3 is 2.22 bits per heavy atom. The zero-order chi connectivity index (χ0) is 26.3. The lowest BCUT2D eigenvalue weighted by atomic mass is 9.87. The SMILES string of the molecule is CNC1C(O[C@H]2OC(CO)[C@@H](N)[C@H](O)C2O)O[C@H]2CC(N)[C@@H](O[C@@H]3C(N)C[C@@H](N)C[C@H]3F)OC2C1O. The molecular formula is C21H40FN5O9. The number of fused-ring (bicyclic) bond motifs is 1. The van der Waals surface area contributed by atoms with Gasteiger partial charge in [-0.1, -0.05) is 0 Å². The number of ether oxygens (including phenoxy) is 5. The number of likely N-dealkylation sites (N-methyl/N-ethyl adjacent to an activating group) is 1. The van der Waals surface area contributed by atoms with E-state index >= 15 is 0 Å². The van der Waals surface area contributed by atoms with Crippen LogP contribution in [0.3, 0.4) is 0 Å². The molecule has 0 amide bonds. The Kier molecular flexibility index (Phi) is 9.17. The van der Waals surface area contributed by atoms with Crippen molar-refractivity contribution in [2.45, 2.75) is 117 Å². The fourth-order valence-corrected chi connectivity index (χ4v) is 5.44. The van der Waals surface area contributed by atoms with E-state index in [1.54, 1.807) is 7.05 Å². The summed E-state index contributed by atoms with van der Waals surface area (Å²) in [6.07, 6.45) is -11.9. The molecule has 4 rings (SSSR count). The summed E-state index contributed by atoms with van der Waals surface area (Å²) in [5.41, 5.74) is 23.9. The first-order chi connectivity index (χ1) is 17.0. The molecule has 0 aromatic carbocycles. The number of aliphatic hydroxyl groups excluding tert-OH is 4. The first-order valence-electron chi connectivity index (χ1n) is 12.3. The van der Waals surface area contributed by atoms with Crippen molar-refractivity contribution in [3.63, 3.8) is 0 Å². The van der Waals surface area contributed by atoms with E-state index in [0.29, 0.717) is 6.42 Å². The summed E-state index contributed by atoms with van der Waals surface area (Å²) in [5.74, 6) is 0. The second-order valence-corrected chi connectivity index (χ2v) is 10.1. The number of alkyl halides is 1. The third kappa shape index (κ3) is 5.55. The van der Waals surface area contributed by atoms with E-state index in [-0.39, 0.29) is 18.9 Å². The highest BCUT2D eigenvalue weighted by atomic mass is 19.1. The van der Waals surface area contributed by atoms with Crippen LogP contribution in [0.15, 0.2) is 0 Å². The predicted octanol–water partition coefficient (Wildman–Crippen LogP) is -4.94. The largest absolute Gasteiger partial charge is 0.394 e. The first-order valence-corrected chi connectivity index (χ1v) is 12.3. The van der Waals surface area contributed by atoms with Gasteiger partial charge in [-0.25, -0.2) is 4.39 Å². The van der Waals surface area contributed by atoms with E-state index in [0.717, 1.165) is 0 Å². The van der Waals surface area contributed by atoms with Crippen molar-refractivity contribution in [1.82, 2.24) is 5.32 Å². The molecule has 0 spiro atoms. The van der Waals surface area contributed by atoms with Crippen LogP contribution in [0.4, 0.5) is 4.39 Å². The van der Waals surface area contributed by atoms with Crippen molar-refractivity contribution in [2.75, 3.05) is 13.7 Å². The van der Waals surface area contributed by atoms with Gasteiger partial charge in [0.15, 0.2) is 18.9 Å². The van der Waals surface area contributed by atoms with Gasteiger partial charge in [-0.15, -0.1) is 0 Å². The minimum atomic E-state index is -1.53. The first kappa shape index (κ1) is 28.4. The maximum atomic E-state index is 14.6. The Hall–Kier alpha value is -0.630.